The minimum Gasteiger partial charge on any atom is -0.480 e. The summed E-state index contributed by atoms with van der Waals surface area (Å²) < 4.78 is 7.34. The molecule has 0 saturated carbocycles. The Kier molecular flexibility index (Phi) is 11.7. The van der Waals surface area contributed by atoms with Gasteiger partial charge < -0.3 is 24.4 Å². The van der Waals surface area contributed by atoms with Gasteiger partial charge in [-0.25, -0.2) is 4.98 Å². The zero-order valence-corrected chi connectivity index (χ0v) is 34.8. The summed E-state index contributed by atoms with van der Waals surface area (Å²) in [7, 11) is 0. The fourth-order valence-corrected chi connectivity index (χ4v) is 9.14. The molecule has 0 spiro atoms. The highest BCUT2D eigenvalue weighted by Gasteiger charge is 2.46. The summed E-state index contributed by atoms with van der Waals surface area (Å²) in [6, 6.07) is 11.6. The minimum absolute atomic E-state index is 0.0875. The second-order valence-corrected chi connectivity index (χ2v) is 16.9. The molecule has 1 atom stereocenters. The summed E-state index contributed by atoms with van der Waals surface area (Å²) in [4.78, 5) is 91.7. The fraction of sp³-hybridized carbons (Fsp3) is 0.455. The number of pyridine rings is 1. The summed E-state index contributed by atoms with van der Waals surface area (Å²) in [5.41, 5.74) is 2.77. The van der Waals surface area contributed by atoms with Crippen LogP contribution in [0.25, 0.3) is 10.9 Å². The lowest BCUT2D eigenvalue weighted by atomic mass is 9.84. The number of ketones is 1. The van der Waals surface area contributed by atoms with E-state index in [1.807, 2.05) is 44.2 Å². The van der Waals surface area contributed by atoms with Crippen LogP contribution in [0.1, 0.15) is 104 Å². The molecular formula is C44H49ClN8O7. The lowest BCUT2D eigenvalue weighted by molar-refractivity contribution is -0.136. The van der Waals surface area contributed by atoms with Gasteiger partial charge in [-0.1, -0.05) is 30.7 Å². The molecule has 16 heteroatoms. The van der Waals surface area contributed by atoms with Gasteiger partial charge in [-0.15, -0.1) is 0 Å². The number of fused-ring (bicyclic) bond motifs is 2. The molecule has 0 aliphatic carbocycles. The highest BCUT2D eigenvalue weighted by atomic mass is 35.5. The molecule has 2 N–H and O–H groups in total. The van der Waals surface area contributed by atoms with Crippen molar-refractivity contribution in [1.29, 1.82) is 0 Å². The number of halogens is 1. The van der Waals surface area contributed by atoms with Gasteiger partial charge in [0.1, 0.15) is 17.7 Å². The number of piperidine rings is 3. The quantitative estimate of drug-likeness (QED) is 0.169. The number of aromatic nitrogens is 3. The van der Waals surface area contributed by atoms with Gasteiger partial charge in [0.25, 0.3) is 17.4 Å². The van der Waals surface area contributed by atoms with Crippen molar-refractivity contribution in [3.63, 3.8) is 0 Å². The number of likely N-dealkylation sites (tertiary alicyclic amines) is 1. The molecule has 4 amide bonds. The molecule has 4 aliphatic rings. The van der Waals surface area contributed by atoms with Gasteiger partial charge in [0.15, 0.2) is 17.4 Å². The van der Waals surface area contributed by atoms with Crippen molar-refractivity contribution in [1.82, 2.24) is 29.7 Å². The highest BCUT2D eigenvalue weighted by molar-refractivity contribution is 6.33. The molecule has 4 aliphatic heterocycles. The summed E-state index contributed by atoms with van der Waals surface area (Å²) in [5.74, 6) is -0.211. The van der Waals surface area contributed by atoms with E-state index >= 15 is 0 Å². The molecule has 4 aromatic rings. The molecule has 314 valence electrons. The monoisotopic (exact) mass is 836 g/mol. The maximum atomic E-state index is 13.7. The topological polar surface area (TPSA) is 176 Å². The predicted molar refractivity (Wildman–Crippen MR) is 226 cm³/mol. The maximum Gasteiger partial charge on any atom is 0.293 e. The van der Waals surface area contributed by atoms with Crippen LogP contribution in [0.2, 0.25) is 5.02 Å². The smallest absolute Gasteiger partial charge is 0.293 e. The third kappa shape index (κ3) is 8.12. The fourth-order valence-electron chi connectivity index (χ4n) is 9.00. The van der Waals surface area contributed by atoms with E-state index < -0.39 is 29.7 Å². The average molecular weight is 837 g/mol. The Labute approximate surface area is 352 Å². The largest absolute Gasteiger partial charge is 0.480 e. The molecule has 2 aromatic carbocycles. The Morgan fingerprint density at radius 1 is 0.967 bits per heavy atom. The number of anilines is 3. The Hall–Kier alpha value is -5.67. The van der Waals surface area contributed by atoms with Crippen molar-refractivity contribution in [3.05, 3.63) is 80.7 Å². The van der Waals surface area contributed by atoms with E-state index in [2.05, 4.69) is 25.4 Å². The van der Waals surface area contributed by atoms with Crippen LogP contribution in [0.5, 0.6) is 5.75 Å². The normalized spacial score (nSPS) is 19.3. The first-order valence-corrected chi connectivity index (χ1v) is 21.2. The second kappa shape index (κ2) is 17.1. The van der Waals surface area contributed by atoms with Gasteiger partial charge in [-0.2, -0.15) is 4.98 Å². The molecule has 0 bridgehead atoms. The number of benzene rings is 2. The molecule has 2 aromatic heterocycles. The van der Waals surface area contributed by atoms with Crippen LogP contribution in [-0.2, 0) is 14.4 Å². The first kappa shape index (κ1) is 41.1. The predicted octanol–water partition coefficient (Wildman–Crippen LogP) is 5.62. The summed E-state index contributed by atoms with van der Waals surface area (Å²) in [6.45, 7) is 9.76. The van der Waals surface area contributed by atoms with E-state index in [9.17, 15) is 28.8 Å². The Morgan fingerprint density at radius 3 is 2.45 bits per heavy atom. The van der Waals surface area contributed by atoms with Crippen molar-refractivity contribution >= 4 is 69.4 Å². The van der Waals surface area contributed by atoms with Gasteiger partial charge in [0.05, 0.1) is 22.8 Å². The summed E-state index contributed by atoms with van der Waals surface area (Å²) >= 11 is 6.60. The average Bonchev–Trinajstić information content (AvgIpc) is 3.49. The second-order valence-electron chi connectivity index (χ2n) is 16.4. The van der Waals surface area contributed by atoms with Crippen molar-refractivity contribution in [2.75, 3.05) is 49.5 Å². The zero-order chi connectivity index (χ0) is 42.2. The van der Waals surface area contributed by atoms with E-state index in [0.717, 1.165) is 79.8 Å². The van der Waals surface area contributed by atoms with Crippen LogP contribution in [0.4, 0.5) is 17.5 Å². The van der Waals surface area contributed by atoms with Gasteiger partial charge in [-0.05, 0) is 107 Å². The number of carbonyl (C=O) groups excluding carboxylic acids is 5. The van der Waals surface area contributed by atoms with Gasteiger partial charge >= 0.3 is 0 Å². The molecule has 8 rings (SSSR count). The van der Waals surface area contributed by atoms with Crippen LogP contribution in [-0.4, -0.2) is 99.1 Å². The van der Waals surface area contributed by atoms with Crippen molar-refractivity contribution in [2.24, 2.45) is 5.92 Å². The van der Waals surface area contributed by atoms with Crippen molar-refractivity contribution in [2.45, 2.75) is 83.7 Å². The minimum atomic E-state index is -0.980. The Balaban J connectivity index is 0.871. The standard InChI is InChI=1S/C44H49ClN8O7/c1-4-30(54)24-60-36-21-28-20-29(8-9-34(28)52(25(2)3)42(36)58)47-39-33(45)22-46-44(49-39)51-18-12-26(13-19-51)23-50-16-14-27(15-17-50)31-6-5-7-32-38(31)43(59)53(41(32)57)35-10-11-37(55)48-40(35)56/h5-9,20-22,25-27,35H,4,10-19,23-24H2,1-3H3,(H,46,47,49)(H,48,55,56). The number of ether oxygens (including phenoxy) is 1. The SMILES string of the molecule is CCC(=O)COc1cc2cc(Nc3nc(N4CCC(CN5CCC(c6cccc7c6C(=O)N(C6CCC(=O)NC6=O)C7=O)CC5)CC4)ncc3Cl)ccc2n(C(C)C)c1=O. The molecule has 0 radical (unpaired) electrons. The van der Waals surface area contributed by atoms with E-state index in [1.54, 1.807) is 29.8 Å². The molecule has 1 unspecified atom stereocenters. The molecule has 15 nitrogen and oxygen atoms in total. The number of nitrogens with one attached hydrogen (secondary N) is 2. The number of hydrogen-bond donors (Lipinski definition) is 2. The molecular weight excluding hydrogens is 788 g/mol. The van der Waals surface area contributed by atoms with Gasteiger partial charge in [-0.3, -0.25) is 39.0 Å². The molecule has 3 saturated heterocycles. The highest BCUT2D eigenvalue weighted by Crippen LogP contribution is 2.38. The van der Waals surface area contributed by atoms with E-state index in [-0.39, 0.29) is 48.5 Å². The van der Waals surface area contributed by atoms with Crippen LogP contribution in [0.3, 0.4) is 0 Å². The first-order chi connectivity index (χ1) is 28.9. The van der Waals surface area contributed by atoms with Crippen LogP contribution >= 0.6 is 11.6 Å². The van der Waals surface area contributed by atoms with Crippen LogP contribution in [0, 0.1) is 5.92 Å². The van der Waals surface area contributed by atoms with Crippen molar-refractivity contribution < 1.29 is 28.7 Å². The van der Waals surface area contributed by atoms with Gasteiger partial charge in [0.2, 0.25) is 17.8 Å². The third-order valence-corrected chi connectivity index (χ3v) is 12.5. The number of imide groups is 2. The van der Waals surface area contributed by atoms with E-state index in [0.29, 0.717) is 45.9 Å². The number of Topliss-reactive ketones (excluding diaryl/α,β-unsaturated/α-hetero) is 1. The molecule has 6 heterocycles. The number of amides is 4. The van der Waals surface area contributed by atoms with E-state index in [4.69, 9.17) is 21.3 Å². The number of rotatable bonds is 12. The molecule has 60 heavy (non-hydrogen) atoms. The number of nitrogens with zero attached hydrogens (tertiary/aromatic N) is 6. The van der Waals surface area contributed by atoms with Crippen LogP contribution in [0.15, 0.2) is 53.5 Å². The number of carbonyl (C=O) groups is 5. The summed E-state index contributed by atoms with van der Waals surface area (Å²) in [6.07, 6.45) is 5.81. The van der Waals surface area contributed by atoms with Gasteiger partial charge in [0, 0.05) is 49.6 Å². The van der Waals surface area contributed by atoms with Crippen molar-refractivity contribution in [3.8, 4) is 5.75 Å². The lowest BCUT2D eigenvalue weighted by Gasteiger charge is -2.38. The molecule has 3 fully saturated rings. The zero-order valence-electron chi connectivity index (χ0n) is 34.0. The maximum absolute atomic E-state index is 13.7. The Morgan fingerprint density at radius 2 is 1.73 bits per heavy atom. The first-order valence-electron chi connectivity index (χ1n) is 20.8. The lowest BCUT2D eigenvalue weighted by Crippen LogP contribution is -2.54. The number of hydrogen-bond acceptors (Lipinski definition) is 12. The third-order valence-electron chi connectivity index (χ3n) is 12.2. The Bertz CT molecular complexity index is 2440. The van der Waals surface area contributed by atoms with E-state index in [1.165, 1.54) is 0 Å². The summed E-state index contributed by atoms with van der Waals surface area (Å²) in [5, 5.41) is 6.74. The van der Waals surface area contributed by atoms with Crippen LogP contribution < -0.4 is 25.8 Å².